The molecular weight excluding hydrogens is 408 g/mol. The summed E-state index contributed by atoms with van der Waals surface area (Å²) < 4.78 is 0. The average molecular weight is 439 g/mol. The summed E-state index contributed by atoms with van der Waals surface area (Å²) in [7, 11) is 0. The SMILES string of the molecule is O=C(NC1CCCCC1)c1cccc2c1NC(c1c(O)ccc3ccccc13)C1CC=CC21. The van der Waals surface area contributed by atoms with Crippen LogP contribution in [0.1, 0.15) is 72.0 Å². The first kappa shape index (κ1) is 20.3. The van der Waals surface area contributed by atoms with E-state index in [4.69, 9.17) is 0 Å². The molecule has 2 aliphatic carbocycles. The number of hydrogen-bond donors (Lipinski definition) is 3. The molecule has 1 fully saturated rings. The number of anilines is 1. The van der Waals surface area contributed by atoms with E-state index in [0.29, 0.717) is 17.2 Å². The molecular formula is C29H30N2O2. The first-order chi connectivity index (χ1) is 16.2. The molecule has 3 aliphatic rings. The second kappa shape index (κ2) is 8.26. The molecule has 3 N–H and O–H groups in total. The summed E-state index contributed by atoms with van der Waals surface area (Å²) in [5.74, 6) is 0.843. The second-order valence-corrected chi connectivity index (χ2v) is 9.77. The topological polar surface area (TPSA) is 61.4 Å². The molecule has 168 valence electrons. The predicted octanol–water partition coefficient (Wildman–Crippen LogP) is 6.43. The zero-order chi connectivity index (χ0) is 22.4. The zero-order valence-electron chi connectivity index (χ0n) is 18.8. The Hall–Kier alpha value is -3.27. The largest absolute Gasteiger partial charge is 0.508 e. The van der Waals surface area contributed by atoms with Crippen molar-refractivity contribution in [1.82, 2.24) is 5.32 Å². The zero-order valence-corrected chi connectivity index (χ0v) is 18.8. The first-order valence-corrected chi connectivity index (χ1v) is 12.3. The molecule has 0 spiro atoms. The minimum absolute atomic E-state index is 0.00701. The van der Waals surface area contributed by atoms with E-state index in [1.807, 2.05) is 30.3 Å². The summed E-state index contributed by atoms with van der Waals surface area (Å²) in [6.07, 6.45) is 11.2. The Labute approximate surface area is 194 Å². The van der Waals surface area contributed by atoms with E-state index in [1.165, 1.54) is 24.8 Å². The number of hydrogen-bond acceptors (Lipinski definition) is 3. The highest BCUT2D eigenvalue weighted by atomic mass is 16.3. The van der Waals surface area contributed by atoms with Crippen LogP contribution in [0, 0.1) is 5.92 Å². The molecule has 1 saturated carbocycles. The van der Waals surface area contributed by atoms with Crippen LogP contribution in [-0.4, -0.2) is 17.1 Å². The van der Waals surface area contributed by atoms with Gasteiger partial charge in [-0.3, -0.25) is 4.79 Å². The number of carbonyl (C=O) groups is 1. The lowest BCUT2D eigenvalue weighted by molar-refractivity contribution is 0.0928. The van der Waals surface area contributed by atoms with Crippen LogP contribution in [0.2, 0.25) is 0 Å². The fourth-order valence-electron chi connectivity index (χ4n) is 6.22. The van der Waals surface area contributed by atoms with Gasteiger partial charge in [0.1, 0.15) is 5.75 Å². The molecule has 3 aromatic carbocycles. The van der Waals surface area contributed by atoms with E-state index in [2.05, 4.69) is 41.0 Å². The second-order valence-electron chi connectivity index (χ2n) is 9.77. The Morgan fingerprint density at radius 3 is 2.70 bits per heavy atom. The van der Waals surface area contributed by atoms with E-state index < -0.39 is 0 Å². The van der Waals surface area contributed by atoms with Gasteiger partial charge in [-0.1, -0.05) is 73.9 Å². The summed E-state index contributed by atoms with van der Waals surface area (Å²) in [6, 6.07) is 18.3. The number of amides is 1. The van der Waals surface area contributed by atoms with Crippen molar-refractivity contribution in [3.8, 4) is 5.75 Å². The summed E-state index contributed by atoms with van der Waals surface area (Å²) in [6.45, 7) is 0. The van der Waals surface area contributed by atoms with Crippen molar-refractivity contribution in [2.24, 2.45) is 5.92 Å². The highest BCUT2D eigenvalue weighted by Crippen LogP contribution is 2.53. The van der Waals surface area contributed by atoms with Crippen molar-refractivity contribution in [2.45, 2.75) is 56.5 Å². The number of phenolic OH excluding ortho intramolecular Hbond substituents is 1. The number of rotatable bonds is 3. The quantitative estimate of drug-likeness (QED) is 0.413. The molecule has 3 unspecified atom stereocenters. The van der Waals surface area contributed by atoms with E-state index in [1.54, 1.807) is 6.07 Å². The van der Waals surface area contributed by atoms with Crippen molar-refractivity contribution >= 4 is 22.4 Å². The maximum Gasteiger partial charge on any atom is 0.253 e. The minimum Gasteiger partial charge on any atom is -0.508 e. The Morgan fingerprint density at radius 1 is 0.970 bits per heavy atom. The van der Waals surface area contributed by atoms with Gasteiger partial charge in [0.05, 0.1) is 17.3 Å². The van der Waals surface area contributed by atoms with E-state index in [0.717, 1.165) is 41.3 Å². The van der Waals surface area contributed by atoms with E-state index >= 15 is 0 Å². The van der Waals surface area contributed by atoms with Crippen molar-refractivity contribution in [3.63, 3.8) is 0 Å². The molecule has 1 amide bonds. The Balaban J connectivity index is 1.43. The normalized spacial score (nSPS) is 24.2. The molecule has 0 radical (unpaired) electrons. The molecule has 0 saturated heterocycles. The van der Waals surface area contributed by atoms with Crippen LogP contribution in [0.3, 0.4) is 0 Å². The lowest BCUT2D eigenvalue weighted by Gasteiger charge is -2.39. The minimum atomic E-state index is -0.0766. The molecule has 33 heavy (non-hydrogen) atoms. The third-order valence-electron chi connectivity index (χ3n) is 7.84. The van der Waals surface area contributed by atoms with Crippen molar-refractivity contribution < 1.29 is 9.90 Å². The number of phenols is 1. The molecule has 6 rings (SSSR count). The summed E-state index contributed by atoms with van der Waals surface area (Å²) in [5, 5.41) is 20.2. The van der Waals surface area contributed by atoms with Gasteiger partial charge in [0, 0.05) is 17.5 Å². The fourth-order valence-corrected chi connectivity index (χ4v) is 6.22. The van der Waals surface area contributed by atoms with Gasteiger partial charge >= 0.3 is 0 Å². The number of carbonyl (C=O) groups excluding carboxylic acids is 1. The highest BCUT2D eigenvalue weighted by Gasteiger charge is 2.40. The Bertz CT molecular complexity index is 1240. The molecule has 4 nitrogen and oxygen atoms in total. The third-order valence-corrected chi connectivity index (χ3v) is 7.84. The third kappa shape index (κ3) is 3.49. The standard InChI is InChI=1S/C29H30N2O2/c32-25-17-16-18-8-4-5-11-20(18)26(25)28-23-14-6-12-21(23)22-13-7-15-24(27(22)31-28)29(33)30-19-9-2-1-3-10-19/h4-8,11-13,15-17,19,21,23,28,31-32H,1-3,9-10,14H2,(H,30,33). The molecule has 0 bridgehead atoms. The van der Waals surface area contributed by atoms with Gasteiger partial charge in [-0.2, -0.15) is 0 Å². The van der Waals surface area contributed by atoms with Crippen molar-refractivity contribution in [1.29, 1.82) is 0 Å². The van der Waals surface area contributed by atoms with Gasteiger partial charge in [-0.25, -0.2) is 0 Å². The lowest BCUT2D eigenvalue weighted by Crippen LogP contribution is -2.37. The number of benzene rings is 3. The number of fused-ring (bicyclic) bond motifs is 4. The number of allylic oxidation sites excluding steroid dienone is 2. The van der Waals surface area contributed by atoms with Crippen LogP contribution >= 0.6 is 0 Å². The van der Waals surface area contributed by atoms with Crippen LogP contribution in [0.5, 0.6) is 5.75 Å². The van der Waals surface area contributed by atoms with Gasteiger partial charge in [0.15, 0.2) is 0 Å². The monoisotopic (exact) mass is 438 g/mol. The number of para-hydroxylation sites is 1. The Morgan fingerprint density at radius 2 is 1.82 bits per heavy atom. The average Bonchev–Trinajstić information content (AvgIpc) is 3.34. The number of nitrogens with one attached hydrogen (secondary N) is 2. The maximum absolute atomic E-state index is 13.4. The fraction of sp³-hybridized carbons (Fsp3) is 0.345. The molecule has 1 aliphatic heterocycles. The van der Waals surface area contributed by atoms with Crippen LogP contribution in [-0.2, 0) is 0 Å². The van der Waals surface area contributed by atoms with Gasteiger partial charge in [0.2, 0.25) is 0 Å². The van der Waals surface area contributed by atoms with Crippen LogP contribution in [0.4, 0.5) is 5.69 Å². The van der Waals surface area contributed by atoms with Gasteiger partial charge in [-0.15, -0.1) is 0 Å². The van der Waals surface area contributed by atoms with Crippen LogP contribution < -0.4 is 10.6 Å². The van der Waals surface area contributed by atoms with Crippen molar-refractivity contribution in [2.75, 3.05) is 5.32 Å². The first-order valence-electron chi connectivity index (χ1n) is 12.3. The molecule has 4 heteroatoms. The number of aromatic hydroxyl groups is 1. The van der Waals surface area contributed by atoms with Crippen LogP contribution in [0.15, 0.2) is 66.7 Å². The highest BCUT2D eigenvalue weighted by molar-refractivity contribution is 6.01. The van der Waals surface area contributed by atoms with Gasteiger partial charge in [-0.05, 0) is 53.6 Å². The molecule has 0 aromatic heterocycles. The van der Waals surface area contributed by atoms with Crippen molar-refractivity contribution in [3.05, 3.63) is 83.4 Å². The molecule has 3 atom stereocenters. The van der Waals surface area contributed by atoms with Crippen LogP contribution in [0.25, 0.3) is 10.8 Å². The summed E-state index contributed by atoms with van der Waals surface area (Å²) in [4.78, 5) is 13.4. The smallest absolute Gasteiger partial charge is 0.253 e. The molecule has 3 aromatic rings. The maximum atomic E-state index is 13.4. The van der Waals surface area contributed by atoms with Gasteiger partial charge in [0.25, 0.3) is 5.91 Å². The summed E-state index contributed by atoms with van der Waals surface area (Å²) >= 11 is 0. The predicted molar refractivity (Wildman–Crippen MR) is 133 cm³/mol. The lowest BCUT2D eigenvalue weighted by atomic mass is 9.75. The van der Waals surface area contributed by atoms with Gasteiger partial charge < -0.3 is 15.7 Å². The molecule has 1 heterocycles. The van der Waals surface area contributed by atoms with E-state index in [9.17, 15) is 9.90 Å². The summed E-state index contributed by atoms with van der Waals surface area (Å²) in [5.41, 5.74) is 3.73. The Kier molecular flexibility index (Phi) is 5.09. The van der Waals surface area contributed by atoms with E-state index in [-0.39, 0.29) is 23.9 Å².